The van der Waals surface area contributed by atoms with Crippen molar-refractivity contribution < 1.29 is 9.90 Å². The topological polar surface area (TPSA) is 67.2 Å². The van der Waals surface area contributed by atoms with Crippen molar-refractivity contribution in [1.29, 1.82) is 0 Å². The van der Waals surface area contributed by atoms with E-state index in [1.807, 2.05) is 30.3 Å². The summed E-state index contributed by atoms with van der Waals surface area (Å²) in [6.07, 6.45) is 8.16. The molecule has 4 rings (SSSR count). The van der Waals surface area contributed by atoms with E-state index >= 15 is 0 Å². The third-order valence-electron chi connectivity index (χ3n) is 6.37. The lowest BCUT2D eigenvalue weighted by Crippen LogP contribution is -2.21. The van der Waals surface area contributed by atoms with Crippen LogP contribution in [0, 0.1) is 5.92 Å². The average Bonchev–Trinajstić information content (AvgIpc) is 3.16. The predicted molar refractivity (Wildman–Crippen MR) is 121 cm³/mol. The van der Waals surface area contributed by atoms with E-state index in [0.29, 0.717) is 22.9 Å². The van der Waals surface area contributed by atoms with Gasteiger partial charge in [0.05, 0.1) is 17.2 Å². The number of hydrogen-bond donors (Lipinski definition) is 2. The second-order valence-corrected chi connectivity index (χ2v) is 9.03. The molecule has 0 aliphatic heterocycles. The monoisotopic (exact) mass is 405 g/mol. The molecule has 2 aromatic carbocycles. The maximum Gasteiger partial charge on any atom is 0.255 e. The Kier molecular flexibility index (Phi) is 5.65. The molecule has 1 saturated carbocycles. The largest absolute Gasteiger partial charge is 0.386 e. The van der Waals surface area contributed by atoms with Gasteiger partial charge in [-0.15, -0.1) is 0 Å². The zero-order valence-corrected chi connectivity index (χ0v) is 18.1. The Morgan fingerprint density at radius 1 is 1.17 bits per heavy atom. The van der Waals surface area contributed by atoms with Crippen molar-refractivity contribution in [2.75, 3.05) is 5.32 Å². The van der Waals surface area contributed by atoms with E-state index in [1.165, 1.54) is 19.3 Å². The van der Waals surface area contributed by atoms with Crippen LogP contribution in [-0.4, -0.2) is 20.8 Å². The highest BCUT2D eigenvalue weighted by molar-refractivity contribution is 6.05. The minimum Gasteiger partial charge on any atom is -0.386 e. The van der Waals surface area contributed by atoms with Gasteiger partial charge in [-0.05, 0) is 69.7 Å². The van der Waals surface area contributed by atoms with E-state index in [2.05, 4.69) is 23.1 Å². The lowest BCUT2D eigenvalue weighted by Gasteiger charge is -2.27. The SMILES string of the molecule is CC[C@H]1CC[C@H](n2cc3cc(NC(=O)c4ccccc4)c(C(C)(C)O)cc3n2)CC1. The van der Waals surface area contributed by atoms with E-state index in [4.69, 9.17) is 5.10 Å². The number of aliphatic hydroxyl groups is 1. The molecule has 3 aromatic rings. The molecular formula is C25H31N3O2. The molecule has 30 heavy (non-hydrogen) atoms. The van der Waals surface area contributed by atoms with Crippen LogP contribution in [0.1, 0.15) is 74.8 Å². The Morgan fingerprint density at radius 3 is 2.50 bits per heavy atom. The van der Waals surface area contributed by atoms with E-state index in [-0.39, 0.29) is 5.91 Å². The average molecular weight is 406 g/mol. The van der Waals surface area contributed by atoms with Crippen molar-refractivity contribution in [3.8, 4) is 0 Å². The van der Waals surface area contributed by atoms with Crippen LogP contribution in [-0.2, 0) is 5.60 Å². The number of nitrogens with one attached hydrogen (secondary N) is 1. The van der Waals surface area contributed by atoms with Gasteiger partial charge in [0.15, 0.2) is 0 Å². The molecule has 0 bridgehead atoms. The summed E-state index contributed by atoms with van der Waals surface area (Å²) in [5, 5.41) is 19.5. The number of carbonyl (C=O) groups is 1. The highest BCUT2D eigenvalue weighted by Gasteiger charge is 2.25. The summed E-state index contributed by atoms with van der Waals surface area (Å²) in [5.41, 5.74) is 1.62. The van der Waals surface area contributed by atoms with Crippen LogP contribution >= 0.6 is 0 Å². The minimum absolute atomic E-state index is 0.189. The molecule has 1 aromatic heterocycles. The molecule has 0 spiro atoms. The number of benzene rings is 2. The van der Waals surface area contributed by atoms with Crippen molar-refractivity contribution in [2.24, 2.45) is 5.92 Å². The molecule has 5 nitrogen and oxygen atoms in total. The first-order chi connectivity index (χ1) is 14.3. The lowest BCUT2D eigenvalue weighted by atomic mass is 9.85. The van der Waals surface area contributed by atoms with E-state index < -0.39 is 5.60 Å². The van der Waals surface area contributed by atoms with Crippen LogP contribution in [0.4, 0.5) is 5.69 Å². The third kappa shape index (κ3) is 4.26. The lowest BCUT2D eigenvalue weighted by molar-refractivity contribution is 0.0794. The number of nitrogens with zero attached hydrogens (tertiary/aromatic N) is 2. The Bertz CT molecular complexity index is 1030. The number of carbonyl (C=O) groups excluding carboxylic acids is 1. The maximum absolute atomic E-state index is 12.7. The predicted octanol–water partition coefficient (Wildman–Crippen LogP) is 5.66. The van der Waals surface area contributed by atoms with Gasteiger partial charge in [-0.25, -0.2) is 0 Å². The zero-order valence-electron chi connectivity index (χ0n) is 18.1. The summed E-state index contributed by atoms with van der Waals surface area (Å²) in [7, 11) is 0. The van der Waals surface area contributed by atoms with Crippen molar-refractivity contribution in [3.05, 3.63) is 59.8 Å². The van der Waals surface area contributed by atoms with Crippen LogP contribution in [0.25, 0.3) is 10.9 Å². The summed E-state index contributed by atoms with van der Waals surface area (Å²) in [6.45, 7) is 5.74. The van der Waals surface area contributed by atoms with Crippen molar-refractivity contribution in [2.45, 2.75) is 64.5 Å². The molecule has 0 unspecified atom stereocenters. The van der Waals surface area contributed by atoms with Crippen LogP contribution in [0.5, 0.6) is 0 Å². The Labute approximate surface area is 178 Å². The Hall–Kier alpha value is -2.66. The highest BCUT2D eigenvalue weighted by Crippen LogP contribution is 2.36. The van der Waals surface area contributed by atoms with Gasteiger partial charge in [-0.3, -0.25) is 9.48 Å². The van der Waals surface area contributed by atoms with Gasteiger partial charge in [-0.1, -0.05) is 31.5 Å². The van der Waals surface area contributed by atoms with Crippen LogP contribution in [0.3, 0.4) is 0 Å². The molecule has 1 heterocycles. The zero-order chi connectivity index (χ0) is 21.3. The summed E-state index contributed by atoms with van der Waals surface area (Å²) in [5.74, 6) is 0.651. The van der Waals surface area contributed by atoms with Gasteiger partial charge < -0.3 is 10.4 Å². The molecule has 1 amide bonds. The molecule has 158 valence electrons. The molecular weight excluding hydrogens is 374 g/mol. The van der Waals surface area contributed by atoms with Crippen LogP contribution < -0.4 is 5.32 Å². The molecule has 1 aliphatic rings. The van der Waals surface area contributed by atoms with Crippen LogP contribution in [0.15, 0.2) is 48.7 Å². The number of amides is 1. The smallest absolute Gasteiger partial charge is 0.255 e. The molecule has 0 atom stereocenters. The first-order valence-corrected chi connectivity index (χ1v) is 11.0. The molecule has 1 fully saturated rings. The van der Waals surface area contributed by atoms with Gasteiger partial charge in [0.25, 0.3) is 5.91 Å². The van der Waals surface area contributed by atoms with E-state index in [9.17, 15) is 9.90 Å². The Balaban J connectivity index is 1.66. The van der Waals surface area contributed by atoms with Gasteiger partial charge in [0, 0.05) is 28.4 Å². The van der Waals surface area contributed by atoms with Crippen molar-refractivity contribution >= 4 is 22.5 Å². The van der Waals surface area contributed by atoms with Crippen LogP contribution in [0.2, 0.25) is 0 Å². The number of hydrogen-bond acceptors (Lipinski definition) is 3. The maximum atomic E-state index is 12.7. The van der Waals surface area contributed by atoms with Gasteiger partial charge >= 0.3 is 0 Å². The fourth-order valence-electron chi connectivity index (χ4n) is 4.49. The second kappa shape index (κ2) is 8.23. The summed E-state index contributed by atoms with van der Waals surface area (Å²) < 4.78 is 2.09. The third-order valence-corrected chi connectivity index (χ3v) is 6.37. The summed E-state index contributed by atoms with van der Waals surface area (Å²) in [6, 6.07) is 13.4. The van der Waals surface area contributed by atoms with E-state index in [0.717, 1.165) is 29.7 Å². The fourth-order valence-corrected chi connectivity index (χ4v) is 4.49. The number of rotatable bonds is 5. The highest BCUT2D eigenvalue weighted by atomic mass is 16.3. The normalized spacial score (nSPS) is 19.7. The minimum atomic E-state index is -1.10. The summed E-state index contributed by atoms with van der Waals surface area (Å²) in [4.78, 5) is 12.7. The first kappa shape index (κ1) is 20.6. The quantitative estimate of drug-likeness (QED) is 0.576. The van der Waals surface area contributed by atoms with Gasteiger partial charge in [0.1, 0.15) is 0 Å². The molecule has 0 radical (unpaired) electrons. The first-order valence-electron chi connectivity index (χ1n) is 11.0. The number of aromatic nitrogens is 2. The van der Waals surface area contributed by atoms with E-state index in [1.54, 1.807) is 26.0 Å². The molecule has 2 N–H and O–H groups in total. The van der Waals surface area contributed by atoms with Gasteiger partial charge in [0.2, 0.25) is 0 Å². The molecule has 0 saturated heterocycles. The number of fused-ring (bicyclic) bond motifs is 1. The standard InChI is InChI=1S/C25H31N3O2/c1-4-17-10-12-20(13-11-17)28-16-19-14-23(21(25(2,3)30)15-22(19)27-28)26-24(29)18-8-6-5-7-9-18/h5-9,14-17,20,30H,4,10-13H2,1-3H3,(H,26,29)/t17-,20-. The second-order valence-electron chi connectivity index (χ2n) is 9.03. The van der Waals surface area contributed by atoms with Crippen molar-refractivity contribution in [1.82, 2.24) is 9.78 Å². The van der Waals surface area contributed by atoms with Gasteiger partial charge in [-0.2, -0.15) is 5.10 Å². The fraction of sp³-hybridized carbons (Fsp3) is 0.440. The molecule has 1 aliphatic carbocycles. The summed E-state index contributed by atoms with van der Waals surface area (Å²) >= 11 is 0. The Morgan fingerprint density at radius 2 is 1.87 bits per heavy atom. The molecule has 5 heteroatoms. The number of anilines is 1. The van der Waals surface area contributed by atoms with Crippen molar-refractivity contribution in [3.63, 3.8) is 0 Å².